The lowest BCUT2D eigenvalue weighted by atomic mass is 10.1. The van der Waals surface area contributed by atoms with Gasteiger partial charge in [-0.05, 0) is 31.2 Å². The maximum atomic E-state index is 10.3. The van der Waals surface area contributed by atoms with E-state index in [9.17, 15) is 5.11 Å². The zero-order valence-electron chi connectivity index (χ0n) is 10.8. The molecule has 1 aliphatic rings. The number of aliphatic hydroxyl groups is 1. The molecule has 1 unspecified atom stereocenters. The van der Waals surface area contributed by atoms with Crippen LogP contribution in [0.3, 0.4) is 0 Å². The van der Waals surface area contributed by atoms with Crippen LogP contribution in [-0.4, -0.2) is 41.1 Å². The number of hydrogen-bond donors (Lipinski definition) is 1. The molecule has 2 rings (SSSR count). The topological polar surface area (TPSA) is 23.5 Å². The highest BCUT2D eigenvalue weighted by Crippen LogP contribution is 2.31. The van der Waals surface area contributed by atoms with E-state index >= 15 is 0 Å². The summed E-state index contributed by atoms with van der Waals surface area (Å²) < 4.78 is 0. The molecule has 1 N–H and O–H groups in total. The molecule has 0 spiro atoms. The molecule has 106 valence electrons. The molecule has 19 heavy (non-hydrogen) atoms. The summed E-state index contributed by atoms with van der Waals surface area (Å²) in [7, 11) is 0. The number of nitrogens with zero attached hydrogens (tertiary/aromatic N) is 1. The van der Waals surface area contributed by atoms with Gasteiger partial charge in [-0.3, -0.25) is 0 Å². The van der Waals surface area contributed by atoms with Crippen LogP contribution in [0.15, 0.2) is 18.2 Å². The fourth-order valence-electron chi connectivity index (χ4n) is 2.26. The van der Waals surface area contributed by atoms with Gasteiger partial charge in [0.15, 0.2) is 0 Å². The molecule has 5 heteroatoms. The highest BCUT2D eigenvalue weighted by atomic mass is 35.5. The Morgan fingerprint density at radius 3 is 2.95 bits per heavy atom. The second-order valence-corrected chi connectivity index (χ2v) is 6.76. The first-order valence-corrected chi connectivity index (χ1v) is 8.51. The summed E-state index contributed by atoms with van der Waals surface area (Å²) in [6, 6.07) is 5.42. The molecule has 1 atom stereocenters. The van der Waals surface area contributed by atoms with Crippen LogP contribution < -0.4 is 0 Å². The van der Waals surface area contributed by atoms with E-state index < -0.39 is 6.10 Å². The SMILES string of the molecule is OC(CCN1CCCSCC1)c1cccc(Cl)c1Cl. The highest BCUT2D eigenvalue weighted by molar-refractivity contribution is 7.99. The first kappa shape index (κ1) is 15.5. The van der Waals surface area contributed by atoms with E-state index in [-0.39, 0.29) is 0 Å². The lowest BCUT2D eigenvalue weighted by Crippen LogP contribution is -2.28. The smallest absolute Gasteiger partial charge is 0.0817 e. The zero-order chi connectivity index (χ0) is 13.7. The Morgan fingerprint density at radius 1 is 1.26 bits per heavy atom. The van der Waals surface area contributed by atoms with Crippen molar-refractivity contribution in [3.63, 3.8) is 0 Å². The van der Waals surface area contributed by atoms with Crippen molar-refractivity contribution in [3.8, 4) is 0 Å². The van der Waals surface area contributed by atoms with Crippen LogP contribution in [-0.2, 0) is 0 Å². The Labute approximate surface area is 129 Å². The predicted molar refractivity (Wildman–Crippen MR) is 84.4 cm³/mol. The van der Waals surface area contributed by atoms with Crippen molar-refractivity contribution in [2.24, 2.45) is 0 Å². The summed E-state index contributed by atoms with van der Waals surface area (Å²) in [6.45, 7) is 3.15. The molecule has 0 saturated carbocycles. The van der Waals surface area contributed by atoms with Crippen LogP contribution in [0, 0.1) is 0 Å². The molecule has 1 fully saturated rings. The van der Waals surface area contributed by atoms with Gasteiger partial charge >= 0.3 is 0 Å². The van der Waals surface area contributed by atoms with Crippen molar-refractivity contribution in [1.29, 1.82) is 0 Å². The third kappa shape index (κ3) is 4.54. The van der Waals surface area contributed by atoms with Crippen molar-refractivity contribution >= 4 is 35.0 Å². The quantitative estimate of drug-likeness (QED) is 0.911. The number of benzene rings is 1. The molecular weight excluding hydrogens is 301 g/mol. The monoisotopic (exact) mass is 319 g/mol. The molecule has 2 nitrogen and oxygen atoms in total. The fourth-order valence-corrected chi connectivity index (χ4v) is 3.62. The number of hydrogen-bond acceptors (Lipinski definition) is 3. The number of thioether (sulfide) groups is 1. The minimum Gasteiger partial charge on any atom is -0.388 e. The molecule has 1 aliphatic heterocycles. The van der Waals surface area contributed by atoms with Crippen molar-refractivity contribution < 1.29 is 5.11 Å². The van der Waals surface area contributed by atoms with Gasteiger partial charge in [0.05, 0.1) is 16.1 Å². The van der Waals surface area contributed by atoms with E-state index in [1.807, 2.05) is 23.9 Å². The Hall–Kier alpha value is 0.0700. The molecule has 1 heterocycles. The van der Waals surface area contributed by atoms with Crippen molar-refractivity contribution in [2.75, 3.05) is 31.1 Å². The van der Waals surface area contributed by atoms with Crippen LogP contribution in [0.25, 0.3) is 0 Å². The summed E-state index contributed by atoms with van der Waals surface area (Å²) in [4.78, 5) is 2.42. The van der Waals surface area contributed by atoms with Crippen molar-refractivity contribution in [3.05, 3.63) is 33.8 Å². The van der Waals surface area contributed by atoms with E-state index in [1.54, 1.807) is 6.07 Å². The van der Waals surface area contributed by atoms with E-state index in [4.69, 9.17) is 23.2 Å². The minimum atomic E-state index is -0.540. The van der Waals surface area contributed by atoms with E-state index in [0.29, 0.717) is 16.5 Å². The van der Waals surface area contributed by atoms with Gasteiger partial charge in [0, 0.05) is 24.4 Å². The Bertz CT molecular complexity index is 408. The first-order chi connectivity index (χ1) is 9.18. The van der Waals surface area contributed by atoms with Crippen LogP contribution >= 0.6 is 35.0 Å². The summed E-state index contributed by atoms with van der Waals surface area (Å²) in [5, 5.41) is 11.2. The lowest BCUT2D eigenvalue weighted by molar-refractivity contribution is 0.144. The van der Waals surface area contributed by atoms with Gasteiger partial charge in [-0.25, -0.2) is 0 Å². The van der Waals surface area contributed by atoms with Crippen LogP contribution in [0.2, 0.25) is 10.0 Å². The molecule has 0 aliphatic carbocycles. The molecule has 1 aromatic rings. The molecule has 1 saturated heterocycles. The third-order valence-corrected chi connectivity index (χ3v) is 5.26. The van der Waals surface area contributed by atoms with Gasteiger partial charge in [-0.1, -0.05) is 35.3 Å². The fraction of sp³-hybridized carbons (Fsp3) is 0.571. The Kier molecular flexibility index (Phi) is 6.30. The van der Waals surface area contributed by atoms with Gasteiger partial charge in [0.1, 0.15) is 0 Å². The Balaban J connectivity index is 1.89. The number of halogens is 2. The van der Waals surface area contributed by atoms with E-state index in [0.717, 1.165) is 25.2 Å². The Morgan fingerprint density at radius 2 is 2.11 bits per heavy atom. The van der Waals surface area contributed by atoms with Gasteiger partial charge in [-0.15, -0.1) is 0 Å². The average Bonchev–Trinajstić information content (AvgIpc) is 2.68. The van der Waals surface area contributed by atoms with Gasteiger partial charge < -0.3 is 10.0 Å². The third-order valence-electron chi connectivity index (χ3n) is 3.37. The second-order valence-electron chi connectivity index (χ2n) is 4.76. The second kappa shape index (κ2) is 7.75. The zero-order valence-corrected chi connectivity index (χ0v) is 13.1. The maximum Gasteiger partial charge on any atom is 0.0817 e. The van der Waals surface area contributed by atoms with Gasteiger partial charge in [0.25, 0.3) is 0 Å². The molecule has 0 amide bonds. The minimum absolute atomic E-state index is 0.475. The summed E-state index contributed by atoms with van der Waals surface area (Å²) >= 11 is 14.1. The summed E-state index contributed by atoms with van der Waals surface area (Å²) in [5.41, 5.74) is 0.735. The van der Waals surface area contributed by atoms with Crippen LogP contribution in [0.5, 0.6) is 0 Å². The molecule has 1 aromatic carbocycles. The van der Waals surface area contributed by atoms with Gasteiger partial charge in [-0.2, -0.15) is 11.8 Å². The van der Waals surface area contributed by atoms with Crippen LogP contribution in [0.4, 0.5) is 0 Å². The predicted octanol–water partition coefficient (Wildman–Crippen LogP) is 3.86. The van der Waals surface area contributed by atoms with Crippen LogP contribution in [0.1, 0.15) is 24.5 Å². The normalized spacial score (nSPS) is 19.1. The lowest BCUT2D eigenvalue weighted by Gasteiger charge is -2.21. The molecular formula is C14H19Cl2NOS. The standard InChI is InChI=1S/C14H19Cl2NOS/c15-12-4-1-3-11(14(12)16)13(18)5-7-17-6-2-9-19-10-8-17/h1,3-4,13,18H,2,5-10H2. The van der Waals surface area contributed by atoms with E-state index in [1.165, 1.54) is 17.9 Å². The largest absolute Gasteiger partial charge is 0.388 e. The summed E-state index contributed by atoms with van der Waals surface area (Å²) in [5.74, 6) is 2.44. The first-order valence-electron chi connectivity index (χ1n) is 6.60. The van der Waals surface area contributed by atoms with Gasteiger partial charge in [0.2, 0.25) is 0 Å². The molecule has 0 radical (unpaired) electrons. The maximum absolute atomic E-state index is 10.3. The number of aliphatic hydroxyl groups excluding tert-OH is 1. The summed E-state index contributed by atoms with van der Waals surface area (Å²) in [6.07, 6.45) is 1.39. The molecule has 0 aromatic heterocycles. The average molecular weight is 320 g/mol. The molecule has 0 bridgehead atoms. The number of rotatable bonds is 4. The highest BCUT2D eigenvalue weighted by Gasteiger charge is 2.16. The van der Waals surface area contributed by atoms with E-state index in [2.05, 4.69) is 4.90 Å². The van der Waals surface area contributed by atoms with Crippen molar-refractivity contribution in [1.82, 2.24) is 4.90 Å². The van der Waals surface area contributed by atoms with Crippen molar-refractivity contribution in [2.45, 2.75) is 18.9 Å².